The monoisotopic (exact) mass is 406 g/mol. The van der Waals surface area contributed by atoms with Crippen molar-refractivity contribution in [2.45, 2.75) is 50.0 Å². The van der Waals surface area contributed by atoms with Crippen molar-refractivity contribution in [3.63, 3.8) is 0 Å². The summed E-state index contributed by atoms with van der Waals surface area (Å²) in [6.45, 7) is 3.05. The zero-order valence-corrected chi connectivity index (χ0v) is 17.0. The average Bonchev–Trinajstić information content (AvgIpc) is 2.72. The predicted octanol–water partition coefficient (Wildman–Crippen LogP) is 0.456. The Balaban J connectivity index is 1.66. The Kier molecular flexibility index (Phi) is 6.58. The molecule has 8 heteroatoms. The molecule has 0 bridgehead atoms. The van der Waals surface area contributed by atoms with Gasteiger partial charge in [-0.15, -0.1) is 0 Å². The van der Waals surface area contributed by atoms with Crippen LogP contribution in [0.5, 0.6) is 0 Å². The van der Waals surface area contributed by atoms with Crippen LogP contribution in [0, 0.1) is 0 Å². The van der Waals surface area contributed by atoms with Crippen LogP contribution >= 0.6 is 0 Å². The van der Waals surface area contributed by atoms with Gasteiger partial charge in [-0.1, -0.05) is 12.1 Å². The summed E-state index contributed by atoms with van der Waals surface area (Å²) in [5.41, 5.74) is -0.266. The smallest absolute Gasteiger partial charge is 0.253 e. The topological polar surface area (TPSA) is 108 Å². The van der Waals surface area contributed by atoms with Crippen LogP contribution in [-0.4, -0.2) is 77.6 Å². The molecule has 0 aliphatic carbocycles. The SMILES string of the molecule is COCC(=O)N[C@]1(C)CCOC2(CCN(C(=O)c3ccc(CO)cc3)CC2)C1O. The number of benzene rings is 1. The summed E-state index contributed by atoms with van der Waals surface area (Å²) in [6.07, 6.45) is 0.602. The molecule has 0 aromatic heterocycles. The molecule has 2 aliphatic heterocycles. The number of hydrogen-bond acceptors (Lipinski definition) is 6. The molecule has 1 aromatic rings. The van der Waals surface area contributed by atoms with E-state index < -0.39 is 17.2 Å². The van der Waals surface area contributed by atoms with Gasteiger partial charge in [0.1, 0.15) is 12.7 Å². The van der Waals surface area contributed by atoms with Crippen molar-refractivity contribution < 1.29 is 29.3 Å². The first-order valence-corrected chi connectivity index (χ1v) is 9.94. The molecule has 0 radical (unpaired) electrons. The van der Waals surface area contributed by atoms with Crippen molar-refractivity contribution in [2.75, 3.05) is 33.4 Å². The average molecular weight is 406 g/mol. The normalized spacial score (nSPS) is 26.3. The molecule has 2 fully saturated rings. The van der Waals surface area contributed by atoms with Gasteiger partial charge in [-0.25, -0.2) is 0 Å². The lowest BCUT2D eigenvalue weighted by atomic mass is 9.73. The molecule has 2 atom stereocenters. The number of rotatable bonds is 5. The zero-order valence-electron chi connectivity index (χ0n) is 17.0. The van der Waals surface area contributed by atoms with Gasteiger partial charge in [-0.3, -0.25) is 9.59 Å². The highest BCUT2D eigenvalue weighted by atomic mass is 16.5. The molecule has 2 heterocycles. The van der Waals surface area contributed by atoms with Crippen molar-refractivity contribution >= 4 is 11.8 Å². The van der Waals surface area contributed by atoms with Gasteiger partial charge in [0.2, 0.25) is 5.91 Å². The summed E-state index contributed by atoms with van der Waals surface area (Å²) in [6, 6.07) is 6.90. The Labute approximate surface area is 170 Å². The quantitative estimate of drug-likeness (QED) is 0.656. The lowest BCUT2D eigenvalue weighted by molar-refractivity contribution is -0.205. The van der Waals surface area contributed by atoms with Crippen LogP contribution in [0.2, 0.25) is 0 Å². The molecule has 0 saturated carbocycles. The number of nitrogens with one attached hydrogen (secondary N) is 1. The van der Waals surface area contributed by atoms with Gasteiger partial charge >= 0.3 is 0 Å². The van der Waals surface area contributed by atoms with Gasteiger partial charge in [-0.05, 0) is 43.9 Å². The second-order valence-corrected chi connectivity index (χ2v) is 8.11. The molecule has 2 amide bonds. The maximum atomic E-state index is 12.8. The molecule has 2 aliphatic rings. The van der Waals surface area contributed by atoms with E-state index in [2.05, 4.69) is 5.32 Å². The van der Waals surface area contributed by atoms with E-state index in [0.29, 0.717) is 44.5 Å². The number of hydrogen-bond donors (Lipinski definition) is 3. The van der Waals surface area contributed by atoms with E-state index in [-0.39, 0.29) is 25.0 Å². The number of methoxy groups -OCH3 is 1. The molecule has 1 spiro atoms. The summed E-state index contributed by atoms with van der Waals surface area (Å²) in [4.78, 5) is 26.6. The van der Waals surface area contributed by atoms with Crippen molar-refractivity contribution in [3.05, 3.63) is 35.4 Å². The third-order valence-electron chi connectivity index (χ3n) is 6.09. The summed E-state index contributed by atoms with van der Waals surface area (Å²) in [7, 11) is 1.45. The number of nitrogens with zero attached hydrogens (tertiary/aromatic N) is 1. The predicted molar refractivity (Wildman–Crippen MR) is 105 cm³/mol. The largest absolute Gasteiger partial charge is 0.392 e. The first kappa shape index (κ1) is 21.7. The van der Waals surface area contributed by atoms with Gasteiger partial charge in [0.05, 0.1) is 17.7 Å². The fourth-order valence-corrected chi connectivity index (χ4v) is 4.32. The van der Waals surface area contributed by atoms with Crippen LogP contribution in [0.3, 0.4) is 0 Å². The Bertz CT molecular complexity index is 729. The minimum atomic E-state index is -0.884. The van der Waals surface area contributed by atoms with E-state index in [1.807, 2.05) is 6.92 Å². The van der Waals surface area contributed by atoms with Crippen LogP contribution in [0.25, 0.3) is 0 Å². The standard InChI is InChI=1S/C21H30N2O6/c1-20(22-17(25)14-28-2)9-12-29-21(19(20)27)7-10-23(11-8-21)18(26)16-5-3-15(13-24)4-6-16/h3-6,19,24,27H,7-14H2,1-2H3,(H,22,25)/t19?,20-/m1/s1. The summed E-state index contributed by atoms with van der Waals surface area (Å²) < 4.78 is 10.9. The Morgan fingerprint density at radius 1 is 1.24 bits per heavy atom. The van der Waals surface area contributed by atoms with Crippen molar-refractivity contribution in [1.82, 2.24) is 10.2 Å². The minimum Gasteiger partial charge on any atom is -0.392 e. The fourth-order valence-electron chi connectivity index (χ4n) is 4.32. The van der Waals surface area contributed by atoms with E-state index in [0.717, 1.165) is 5.56 Å². The van der Waals surface area contributed by atoms with Crippen molar-refractivity contribution in [3.8, 4) is 0 Å². The number of piperidine rings is 1. The molecule has 1 aromatic carbocycles. The molecule has 8 nitrogen and oxygen atoms in total. The maximum Gasteiger partial charge on any atom is 0.253 e. The highest BCUT2D eigenvalue weighted by Gasteiger charge is 2.54. The Morgan fingerprint density at radius 2 is 1.90 bits per heavy atom. The van der Waals surface area contributed by atoms with Gasteiger partial charge < -0.3 is 29.9 Å². The van der Waals surface area contributed by atoms with Gasteiger partial charge in [0.15, 0.2) is 0 Å². The molecule has 1 unspecified atom stereocenters. The summed E-state index contributed by atoms with van der Waals surface area (Å²) in [5.74, 6) is -0.351. The van der Waals surface area contributed by atoms with E-state index in [1.54, 1.807) is 29.2 Å². The molecule has 3 N–H and O–H groups in total. The van der Waals surface area contributed by atoms with Crippen LogP contribution in [0.15, 0.2) is 24.3 Å². The van der Waals surface area contributed by atoms with Crippen molar-refractivity contribution in [2.24, 2.45) is 0 Å². The number of carbonyl (C=O) groups is 2. The van der Waals surface area contributed by atoms with Crippen LogP contribution in [0.1, 0.15) is 42.1 Å². The molecule has 29 heavy (non-hydrogen) atoms. The Hall–Kier alpha value is -2.00. The van der Waals surface area contributed by atoms with Crippen LogP contribution in [0.4, 0.5) is 0 Å². The number of likely N-dealkylation sites (tertiary alicyclic amines) is 1. The van der Waals surface area contributed by atoms with Crippen molar-refractivity contribution in [1.29, 1.82) is 0 Å². The number of aliphatic hydroxyl groups is 2. The van der Waals surface area contributed by atoms with E-state index in [1.165, 1.54) is 7.11 Å². The first-order valence-electron chi connectivity index (χ1n) is 9.94. The second-order valence-electron chi connectivity index (χ2n) is 8.11. The molecular formula is C21H30N2O6. The lowest BCUT2D eigenvalue weighted by Crippen LogP contribution is -2.69. The van der Waals surface area contributed by atoms with E-state index in [9.17, 15) is 14.7 Å². The van der Waals surface area contributed by atoms with Gasteiger partial charge in [-0.2, -0.15) is 0 Å². The summed E-state index contributed by atoms with van der Waals surface area (Å²) >= 11 is 0. The van der Waals surface area contributed by atoms with E-state index in [4.69, 9.17) is 14.6 Å². The highest BCUT2D eigenvalue weighted by molar-refractivity contribution is 5.94. The molecule has 2 saturated heterocycles. The van der Waals surface area contributed by atoms with Gasteiger partial charge in [0, 0.05) is 32.4 Å². The number of aliphatic hydroxyl groups excluding tert-OH is 2. The fraction of sp³-hybridized carbons (Fsp3) is 0.619. The second kappa shape index (κ2) is 8.79. The molecular weight excluding hydrogens is 376 g/mol. The molecule has 160 valence electrons. The van der Waals surface area contributed by atoms with Crippen LogP contribution < -0.4 is 5.32 Å². The maximum absolute atomic E-state index is 12.8. The number of ether oxygens (including phenoxy) is 2. The first-order chi connectivity index (χ1) is 13.8. The third kappa shape index (κ3) is 4.45. The highest BCUT2D eigenvalue weighted by Crippen LogP contribution is 2.40. The zero-order chi connectivity index (χ0) is 21.1. The summed E-state index contributed by atoms with van der Waals surface area (Å²) in [5, 5.41) is 23.1. The Morgan fingerprint density at radius 3 is 2.48 bits per heavy atom. The molecule has 3 rings (SSSR count). The van der Waals surface area contributed by atoms with Gasteiger partial charge in [0.25, 0.3) is 5.91 Å². The lowest BCUT2D eigenvalue weighted by Gasteiger charge is -2.53. The van der Waals surface area contributed by atoms with E-state index >= 15 is 0 Å². The third-order valence-corrected chi connectivity index (χ3v) is 6.09. The minimum absolute atomic E-state index is 0.0599. The number of carbonyl (C=O) groups excluding carboxylic acids is 2. The number of amides is 2. The van der Waals surface area contributed by atoms with Crippen LogP contribution in [-0.2, 0) is 20.9 Å².